The Morgan fingerprint density at radius 3 is 2.03 bits per heavy atom. The highest BCUT2D eigenvalue weighted by Gasteiger charge is 2.30. The Labute approximate surface area is 187 Å². The van der Waals surface area contributed by atoms with E-state index in [1.54, 1.807) is 25.9 Å². The van der Waals surface area contributed by atoms with Crippen molar-refractivity contribution in [2.45, 2.75) is 31.3 Å². The van der Waals surface area contributed by atoms with Crippen LogP contribution < -0.4 is 10.6 Å². The minimum Gasteiger partial charge on any atom is -0.480 e. The molecule has 0 unspecified atom stereocenters. The van der Waals surface area contributed by atoms with Crippen LogP contribution in [-0.4, -0.2) is 67.3 Å². The maximum absolute atomic E-state index is 12.6. The molecule has 8 heteroatoms. The maximum Gasteiger partial charge on any atom is 0.407 e. The fraction of sp³-hybridized carbons (Fsp3) is 0.375. The molecule has 0 bridgehead atoms. The number of hydrogen-bond acceptors (Lipinski definition) is 5. The van der Waals surface area contributed by atoms with Crippen LogP contribution in [0.3, 0.4) is 0 Å². The Balaban J connectivity index is 1.67. The zero-order valence-electron chi connectivity index (χ0n) is 18.5. The molecular weight excluding hydrogens is 410 g/mol. The third-order valence-electron chi connectivity index (χ3n) is 5.52. The Morgan fingerprint density at radius 1 is 0.969 bits per heavy atom. The van der Waals surface area contributed by atoms with Gasteiger partial charge in [-0.05, 0) is 42.8 Å². The molecule has 3 N–H and O–H groups in total. The first-order chi connectivity index (χ1) is 15.3. The molecule has 2 atom stereocenters. The monoisotopic (exact) mass is 439 g/mol. The molecule has 2 aromatic rings. The van der Waals surface area contributed by atoms with Gasteiger partial charge >= 0.3 is 12.1 Å². The van der Waals surface area contributed by atoms with Gasteiger partial charge in [0.2, 0.25) is 5.91 Å². The summed E-state index contributed by atoms with van der Waals surface area (Å²) in [6, 6.07) is 14.1. The number of nitrogens with one attached hydrogen (secondary N) is 2. The van der Waals surface area contributed by atoms with E-state index < -0.39 is 30.1 Å². The summed E-state index contributed by atoms with van der Waals surface area (Å²) < 4.78 is 5.52. The summed E-state index contributed by atoms with van der Waals surface area (Å²) in [5, 5.41) is 14.2. The lowest BCUT2D eigenvalue weighted by Crippen LogP contribution is -2.55. The largest absolute Gasteiger partial charge is 0.480 e. The summed E-state index contributed by atoms with van der Waals surface area (Å²) in [5.74, 6) is -1.78. The molecule has 0 aliphatic heterocycles. The number of likely N-dealkylation sites (N-methyl/N-ethyl adjacent to an activating group) is 1. The van der Waals surface area contributed by atoms with E-state index in [0.29, 0.717) is 0 Å². The van der Waals surface area contributed by atoms with Crippen molar-refractivity contribution >= 4 is 18.0 Å². The van der Waals surface area contributed by atoms with E-state index in [9.17, 15) is 19.5 Å². The first-order valence-corrected chi connectivity index (χ1v) is 10.6. The second kappa shape index (κ2) is 10.3. The summed E-state index contributed by atoms with van der Waals surface area (Å²) in [4.78, 5) is 38.1. The number of hydrogen-bond donors (Lipinski definition) is 3. The summed E-state index contributed by atoms with van der Waals surface area (Å²) in [7, 11) is 3.52. The highest BCUT2D eigenvalue weighted by molar-refractivity contribution is 5.89. The quantitative estimate of drug-likeness (QED) is 0.554. The lowest BCUT2D eigenvalue weighted by atomic mass is 9.98. The maximum atomic E-state index is 12.6. The number of carboxylic acids is 1. The van der Waals surface area contributed by atoms with E-state index in [4.69, 9.17) is 4.74 Å². The van der Waals surface area contributed by atoms with Crippen LogP contribution in [0, 0.1) is 0 Å². The highest BCUT2D eigenvalue weighted by Crippen LogP contribution is 2.44. The first-order valence-electron chi connectivity index (χ1n) is 10.6. The molecule has 0 spiro atoms. The molecule has 0 aromatic heterocycles. The molecular formula is C24H29N3O5. The Hall–Kier alpha value is -3.39. The first kappa shape index (κ1) is 23.3. The van der Waals surface area contributed by atoms with Crippen LogP contribution in [0.1, 0.15) is 30.4 Å². The molecule has 1 aliphatic carbocycles. The van der Waals surface area contributed by atoms with Crippen LogP contribution in [0.2, 0.25) is 0 Å². The van der Waals surface area contributed by atoms with Crippen molar-refractivity contribution in [1.82, 2.24) is 15.5 Å². The molecule has 8 nitrogen and oxygen atoms in total. The third kappa shape index (κ3) is 5.26. The van der Waals surface area contributed by atoms with Crippen LogP contribution in [0.25, 0.3) is 11.1 Å². The number of nitrogens with zero attached hydrogens (tertiary/aromatic N) is 1. The van der Waals surface area contributed by atoms with E-state index in [1.165, 1.54) is 0 Å². The van der Waals surface area contributed by atoms with Crippen molar-refractivity contribution in [3.63, 3.8) is 0 Å². The van der Waals surface area contributed by atoms with Gasteiger partial charge in [-0.15, -0.1) is 0 Å². The number of amides is 2. The Morgan fingerprint density at radius 2 is 1.53 bits per heavy atom. The van der Waals surface area contributed by atoms with Gasteiger partial charge in [0.25, 0.3) is 0 Å². The zero-order valence-corrected chi connectivity index (χ0v) is 18.5. The van der Waals surface area contributed by atoms with Gasteiger partial charge in [-0.3, -0.25) is 4.79 Å². The van der Waals surface area contributed by atoms with Gasteiger partial charge in [0, 0.05) is 12.5 Å². The molecule has 170 valence electrons. The number of aliphatic carboxylic acids is 1. The molecule has 2 amide bonds. The molecule has 0 radical (unpaired) electrons. The molecule has 2 aromatic carbocycles. The van der Waals surface area contributed by atoms with Crippen LogP contribution in [0.4, 0.5) is 4.79 Å². The van der Waals surface area contributed by atoms with Crippen molar-refractivity contribution in [1.29, 1.82) is 0 Å². The average molecular weight is 440 g/mol. The molecule has 32 heavy (non-hydrogen) atoms. The normalized spacial score (nSPS) is 14.2. The smallest absolute Gasteiger partial charge is 0.407 e. The van der Waals surface area contributed by atoms with Crippen LogP contribution >= 0.6 is 0 Å². The van der Waals surface area contributed by atoms with Crippen molar-refractivity contribution in [3.8, 4) is 11.1 Å². The predicted octanol–water partition coefficient (Wildman–Crippen LogP) is 2.43. The van der Waals surface area contributed by atoms with Gasteiger partial charge in [0.05, 0.1) is 0 Å². The van der Waals surface area contributed by atoms with E-state index in [2.05, 4.69) is 22.8 Å². The van der Waals surface area contributed by atoms with E-state index in [0.717, 1.165) is 22.3 Å². The van der Waals surface area contributed by atoms with Gasteiger partial charge in [0.15, 0.2) is 0 Å². The minimum atomic E-state index is -1.12. The van der Waals surface area contributed by atoms with Crippen LogP contribution in [0.15, 0.2) is 48.5 Å². The topological polar surface area (TPSA) is 108 Å². The molecule has 0 fully saturated rings. The van der Waals surface area contributed by atoms with E-state index >= 15 is 0 Å². The molecule has 0 saturated carbocycles. The van der Waals surface area contributed by atoms with Crippen molar-refractivity contribution in [2.24, 2.45) is 0 Å². The molecule has 1 aliphatic rings. The number of carbonyl (C=O) groups excluding carboxylic acids is 2. The number of fused-ring (bicyclic) bond motifs is 3. The lowest BCUT2D eigenvalue weighted by Gasteiger charge is -2.23. The van der Waals surface area contributed by atoms with Crippen molar-refractivity contribution in [3.05, 3.63) is 59.7 Å². The summed E-state index contributed by atoms with van der Waals surface area (Å²) >= 11 is 0. The third-order valence-corrected chi connectivity index (χ3v) is 5.52. The molecule has 3 rings (SSSR count). The number of alkyl carbamates (subject to hydrolysis) is 1. The standard InChI is InChI=1S/C24H29N3O5/c1-4-20(23(29)30)25-22(28)21(13-27(2)3)26-24(31)32-14-19-17-11-7-5-9-15(17)16-10-6-8-12-18(16)19/h5-12,19-21H,4,13-14H2,1-3H3,(H,25,28)(H,26,31)(H,29,30)/t20-,21-/m0/s1. The van der Waals surface area contributed by atoms with Gasteiger partial charge < -0.3 is 25.4 Å². The summed E-state index contributed by atoms with van der Waals surface area (Å²) in [6.45, 7) is 1.99. The van der Waals surface area contributed by atoms with Crippen LogP contribution in [-0.2, 0) is 14.3 Å². The number of ether oxygens (including phenoxy) is 1. The van der Waals surface area contributed by atoms with E-state index in [-0.39, 0.29) is 25.5 Å². The lowest BCUT2D eigenvalue weighted by molar-refractivity contribution is -0.142. The van der Waals surface area contributed by atoms with Gasteiger partial charge in [-0.1, -0.05) is 55.5 Å². The van der Waals surface area contributed by atoms with Gasteiger partial charge in [0.1, 0.15) is 18.7 Å². The minimum absolute atomic E-state index is 0.0919. The summed E-state index contributed by atoms with van der Waals surface area (Å²) in [6.07, 6.45) is -0.488. The molecule has 0 heterocycles. The number of benzene rings is 2. The van der Waals surface area contributed by atoms with Crippen molar-refractivity contribution in [2.75, 3.05) is 27.2 Å². The number of rotatable bonds is 9. The Kier molecular flexibility index (Phi) is 7.48. The number of carbonyl (C=O) groups is 3. The second-order valence-electron chi connectivity index (χ2n) is 8.09. The fourth-order valence-corrected chi connectivity index (χ4v) is 3.95. The highest BCUT2D eigenvalue weighted by atomic mass is 16.5. The molecule has 0 saturated heterocycles. The predicted molar refractivity (Wildman–Crippen MR) is 120 cm³/mol. The summed E-state index contributed by atoms with van der Waals surface area (Å²) in [5.41, 5.74) is 4.44. The SMILES string of the molecule is CC[C@H](NC(=O)[C@H](CN(C)C)NC(=O)OCC1c2ccccc2-c2ccccc21)C(=O)O. The van der Waals surface area contributed by atoms with Gasteiger partial charge in [-0.2, -0.15) is 0 Å². The second-order valence-corrected chi connectivity index (χ2v) is 8.09. The van der Waals surface area contributed by atoms with E-state index in [1.807, 2.05) is 36.4 Å². The number of carboxylic acid groups (broad SMARTS) is 1. The van der Waals surface area contributed by atoms with Gasteiger partial charge in [-0.25, -0.2) is 9.59 Å². The van der Waals surface area contributed by atoms with Crippen molar-refractivity contribution < 1.29 is 24.2 Å². The Bertz CT molecular complexity index is 946. The van der Waals surface area contributed by atoms with Crippen LogP contribution in [0.5, 0.6) is 0 Å². The average Bonchev–Trinajstić information content (AvgIpc) is 3.08. The zero-order chi connectivity index (χ0) is 23.3. The fourth-order valence-electron chi connectivity index (χ4n) is 3.95.